The molecule has 3 aromatic rings. The maximum atomic E-state index is 12.2. The number of non-ortho nitro benzene ring substituents is 1. The van der Waals surface area contributed by atoms with Gasteiger partial charge in [-0.3, -0.25) is 14.9 Å². The average molecular weight is 452 g/mol. The molecular weight excluding hydrogens is 437 g/mol. The van der Waals surface area contributed by atoms with Gasteiger partial charge in [-0.2, -0.15) is 0 Å². The summed E-state index contributed by atoms with van der Waals surface area (Å²) in [6.07, 6.45) is 0. The van der Waals surface area contributed by atoms with Crippen molar-refractivity contribution in [2.75, 3.05) is 11.1 Å². The fourth-order valence-electron chi connectivity index (χ4n) is 2.55. The molecule has 0 saturated carbocycles. The van der Waals surface area contributed by atoms with Crippen molar-refractivity contribution in [3.05, 3.63) is 62.6 Å². The highest BCUT2D eigenvalue weighted by atomic mass is 35.5. The third kappa shape index (κ3) is 5.06. The number of amides is 1. The number of aromatic nitrogens is 3. The van der Waals surface area contributed by atoms with Crippen LogP contribution >= 0.6 is 35.0 Å². The lowest BCUT2D eigenvalue weighted by Gasteiger charge is -2.08. The van der Waals surface area contributed by atoms with Crippen LogP contribution < -0.4 is 5.32 Å². The first-order chi connectivity index (χ1) is 13.9. The summed E-state index contributed by atoms with van der Waals surface area (Å²) in [5.41, 5.74) is 1.10. The Morgan fingerprint density at radius 1 is 1.21 bits per heavy atom. The number of carbonyl (C=O) groups is 1. The van der Waals surface area contributed by atoms with Gasteiger partial charge in [-0.1, -0.05) is 47.1 Å². The zero-order chi connectivity index (χ0) is 21.0. The minimum Gasteiger partial charge on any atom is -0.325 e. The van der Waals surface area contributed by atoms with Gasteiger partial charge in [-0.25, -0.2) is 0 Å². The molecule has 150 valence electrons. The number of nitro benzene ring substituents is 1. The number of nitrogens with one attached hydrogen (secondary N) is 1. The van der Waals surface area contributed by atoms with Crippen molar-refractivity contribution in [2.24, 2.45) is 0 Å². The van der Waals surface area contributed by atoms with Crippen LogP contribution in [0, 0.1) is 10.1 Å². The van der Waals surface area contributed by atoms with E-state index in [0.717, 1.165) is 0 Å². The Labute approximate surface area is 180 Å². The number of anilines is 1. The molecule has 2 aromatic carbocycles. The zero-order valence-electron chi connectivity index (χ0n) is 15.1. The van der Waals surface area contributed by atoms with Crippen molar-refractivity contribution < 1.29 is 9.72 Å². The zero-order valence-corrected chi connectivity index (χ0v) is 17.5. The number of rotatable bonds is 7. The molecule has 0 aliphatic rings. The SMILES string of the molecule is CCn1c(SCC(=O)Nc2ccc(Cl)c(Cl)c2)nnc1-c1cccc([N+](=O)[O-])c1. The molecule has 0 atom stereocenters. The van der Waals surface area contributed by atoms with Crippen LogP contribution in [-0.4, -0.2) is 31.3 Å². The van der Waals surface area contributed by atoms with Crippen LogP contribution in [0.25, 0.3) is 11.4 Å². The van der Waals surface area contributed by atoms with Gasteiger partial charge in [-0.15, -0.1) is 10.2 Å². The van der Waals surface area contributed by atoms with E-state index in [4.69, 9.17) is 23.2 Å². The van der Waals surface area contributed by atoms with Gasteiger partial charge in [0.15, 0.2) is 11.0 Å². The fourth-order valence-corrected chi connectivity index (χ4v) is 3.65. The first-order valence-corrected chi connectivity index (χ1v) is 10.2. The van der Waals surface area contributed by atoms with Crippen molar-refractivity contribution in [1.82, 2.24) is 14.8 Å². The third-order valence-electron chi connectivity index (χ3n) is 3.88. The molecular formula is C18H15Cl2N5O3S. The molecule has 0 unspecified atom stereocenters. The summed E-state index contributed by atoms with van der Waals surface area (Å²) in [6, 6.07) is 11.0. The van der Waals surface area contributed by atoms with Crippen LogP contribution in [-0.2, 0) is 11.3 Å². The van der Waals surface area contributed by atoms with Crippen molar-refractivity contribution in [1.29, 1.82) is 0 Å². The maximum absolute atomic E-state index is 12.2. The summed E-state index contributed by atoms with van der Waals surface area (Å²) >= 11 is 13.0. The summed E-state index contributed by atoms with van der Waals surface area (Å²) in [5.74, 6) is 0.368. The van der Waals surface area contributed by atoms with E-state index in [0.29, 0.717) is 38.8 Å². The number of nitro groups is 1. The van der Waals surface area contributed by atoms with Crippen LogP contribution in [0.3, 0.4) is 0 Å². The van der Waals surface area contributed by atoms with E-state index in [-0.39, 0.29) is 17.3 Å². The lowest BCUT2D eigenvalue weighted by molar-refractivity contribution is -0.384. The summed E-state index contributed by atoms with van der Waals surface area (Å²) < 4.78 is 1.80. The Morgan fingerprint density at radius 3 is 2.69 bits per heavy atom. The predicted molar refractivity (Wildman–Crippen MR) is 114 cm³/mol. The molecule has 1 amide bonds. The monoisotopic (exact) mass is 451 g/mol. The highest BCUT2D eigenvalue weighted by Crippen LogP contribution is 2.27. The van der Waals surface area contributed by atoms with Crippen molar-refractivity contribution >= 4 is 52.2 Å². The quantitative estimate of drug-likeness (QED) is 0.310. The summed E-state index contributed by atoms with van der Waals surface area (Å²) in [5, 5.41) is 23.3. The van der Waals surface area contributed by atoms with Crippen molar-refractivity contribution in [3.63, 3.8) is 0 Å². The van der Waals surface area contributed by atoms with E-state index in [9.17, 15) is 14.9 Å². The van der Waals surface area contributed by atoms with E-state index in [1.54, 1.807) is 34.9 Å². The number of hydrogen-bond donors (Lipinski definition) is 1. The molecule has 8 nitrogen and oxygen atoms in total. The van der Waals surface area contributed by atoms with Gasteiger partial charge in [0.25, 0.3) is 5.69 Å². The van der Waals surface area contributed by atoms with Crippen LogP contribution in [0.2, 0.25) is 10.0 Å². The molecule has 0 saturated heterocycles. The van der Waals surface area contributed by atoms with Gasteiger partial charge in [0, 0.05) is 29.9 Å². The van der Waals surface area contributed by atoms with E-state index >= 15 is 0 Å². The van der Waals surface area contributed by atoms with Crippen LogP contribution in [0.1, 0.15) is 6.92 Å². The van der Waals surface area contributed by atoms with Gasteiger partial charge < -0.3 is 9.88 Å². The predicted octanol–water partition coefficient (Wildman–Crippen LogP) is 4.91. The number of halogens is 2. The molecule has 0 fully saturated rings. The average Bonchev–Trinajstić information content (AvgIpc) is 3.12. The number of benzene rings is 2. The van der Waals surface area contributed by atoms with Gasteiger partial charge in [0.05, 0.1) is 20.7 Å². The second-order valence-electron chi connectivity index (χ2n) is 5.82. The van der Waals surface area contributed by atoms with Crippen LogP contribution in [0.15, 0.2) is 47.6 Å². The molecule has 1 aromatic heterocycles. The first kappa shape index (κ1) is 21.1. The topological polar surface area (TPSA) is 103 Å². The number of nitrogens with zero attached hydrogens (tertiary/aromatic N) is 4. The first-order valence-electron chi connectivity index (χ1n) is 8.44. The van der Waals surface area contributed by atoms with Crippen molar-refractivity contribution in [2.45, 2.75) is 18.6 Å². The normalized spacial score (nSPS) is 10.7. The number of hydrogen-bond acceptors (Lipinski definition) is 6. The highest BCUT2D eigenvalue weighted by Gasteiger charge is 2.17. The minimum absolute atomic E-state index is 0.0247. The molecule has 1 heterocycles. The third-order valence-corrected chi connectivity index (χ3v) is 5.59. The molecule has 0 bridgehead atoms. The Kier molecular flexibility index (Phi) is 6.73. The molecule has 0 radical (unpaired) electrons. The van der Waals surface area contributed by atoms with E-state index < -0.39 is 4.92 Å². The van der Waals surface area contributed by atoms with Crippen LogP contribution in [0.5, 0.6) is 0 Å². The summed E-state index contributed by atoms with van der Waals surface area (Å²) in [7, 11) is 0. The number of thioether (sulfide) groups is 1. The van der Waals surface area contributed by atoms with E-state index in [2.05, 4.69) is 15.5 Å². The Hall–Kier alpha value is -2.62. The Balaban J connectivity index is 1.72. The van der Waals surface area contributed by atoms with Gasteiger partial charge in [0.2, 0.25) is 5.91 Å². The largest absolute Gasteiger partial charge is 0.325 e. The lowest BCUT2D eigenvalue weighted by atomic mass is 10.2. The maximum Gasteiger partial charge on any atom is 0.270 e. The molecule has 0 aliphatic carbocycles. The fraction of sp³-hybridized carbons (Fsp3) is 0.167. The Bertz CT molecular complexity index is 1070. The van der Waals surface area contributed by atoms with Gasteiger partial charge in [-0.05, 0) is 25.1 Å². The Morgan fingerprint density at radius 2 is 2.00 bits per heavy atom. The molecule has 29 heavy (non-hydrogen) atoms. The van der Waals surface area contributed by atoms with Gasteiger partial charge >= 0.3 is 0 Å². The van der Waals surface area contributed by atoms with E-state index in [1.807, 2.05) is 6.92 Å². The smallest absolute Gasteiger partial charge is 0.270 e. The van der Waals surface area contributed by atoms with Gasteiger partial charge in [0.1, 0.15) is 0 Å². The lowest BCUT2D eigenvalue weighted by Crippen LogP contribution is -2.14. The second kappa shape index (κ2) is 9.25. The molecule has 1 N–H and O–H groups in total. The minimum atomic E-state index is -0.459. The standard InChI is InChI=1S/C18H15Cl2N5O3S/c1-2-24-17(11-4-3-5-13(8-11)25(27)28)22-23-18(24)29-10-16(26)21-12-6-7-14(19)15(20)9-12/h3-9H,2,10H2,1H3,(H,21,26). The molecule has 0 aliphatic heterocycles. The van der Waals surface area contributed by atoms with Crippen molar-refractivity contribution in [3.8, 4) is 11.4 Å². The molecule has 11 heteroatoms. The molecule has 3 rings (SSSR count). The highest BCUT2D eigenvalue weighted by molar-refractivity contribution is 7.99. The van der Waals surface area contributed by atoms with E-state index in [1.165, 1.54) is 23.9 Å². The second-order valence-corrected chi connectivity index (χ2v) is 7.58. The van der Waals surface area contributed by atoms with Crippen LogP contribution in [0.4, 0.5) is 11.4 Å². The summed E-state index contributed by atoms with van der Waals surface area (Å²) in [6.45, 7) is 2.45. The summed E-state index contributed by atoms with van der Waals surface area (Å²) in [4.78, 5) is 22.8. The number of carbonyl (C=O) groups excluding carboxylic acids is 1. The molecule has 0 spiro atoms.